The maximum absolute atomic E-state index is 13.2. The second-order valence-electron chi connectivity index (χ2n) is 5.16. The molecule has 0 bridgehead atoms. The average molecular weight is 272 g/mol. The van der Waals surface area contributed by atoms with Crippen LogP contribution in [0.15, 0.2) is 48.5 Å². The molecule has 0 aromatic heterocycles. The van der Waals surface area contributed by atoms with E-state index in [-0.39, 0.29) is 11.9 Å². The Morgan fingerprint density at radius 2 is 1.80 bits per heavy atom. The van der Waals surface area contributed by atoms with Crippen LogP contribution >= 0.6 is 0 Å². The standard InChI is InChI=1S/C17H21FN2/c1-19-17(12-13-5-4-6-15(18)11-13)14-7-9-16(10-8-14)20(2)3/h4-11,17,19H,12H2,1-3H3. The minimum Gasteiger partial charge on any atom is -0.378 e. The molecule has 2 aromatic carbocycles. The topological polar surface area (TPSA) is 15.3 Å². The summed E-state index contributed by atoms with van der Waals surface area (Å²) >= 11 is 0. The predicted molar refractivity (Wildman–Crippen MR) is 82.7 cm³/mol. The highest BCUT2D eigenvalue weighted by molar-refractivity contribution is 5.46. The number of benzene rings is 2. The van der Waals surface area contributed by atoms with E-state index in [1.165, 1.54) is 17.3 Å². The molecule has 0 aliphatic rings. The monoisotopic (exact) mass is 272 g/mol. The number of nitrogens with zero attached hydrogens (tertiary/aromatic N) is 1. The summed E-state index contributed by atoms with van der Waals surface area (Å²) in [5, 5.41) is 3.30. The first-order valence-electron chi connectivity index (χ1n) is 6.79. The molecule has 0 aliphatic heterocycles. The molecule has 2 rings (SSSR count). The van der Waals surface area contributed by atoms with Crippen molar-refractivity contribution in [1.29, 1.82) is 0 Å². The Morgan fingerprint density at radius 3 is 2.35 bits per heavy atom. The van der Waals surface area contributed by atoms with Crippen molar-refractivity contribution in [1.82, 2.24) is 5.32 Å². The van der Waals surface area contributed by atoms with Gasteiger partial charge in [0, 0.05) is 25.8 Å². The van der Waals surface area contributed by atoms with Crippen LogP contribution in [-0.2, 0) is 6.42 Å². The zero-order valence-corrected chi connectivity index (χ0v) is 12.2. The van der Waals surface area contributed by atoms with E-state index in [0.717, 1.165) is 12.0 Å². The fraction of sp³-hybridized carbons (Fsp3) is 0.294. The first kappa shape index (κ1) is 14.5. The molecule has 0 radical (unpaired) electrons. The van der Waals surface area contributed by atoms with Crippen LogP contribution in [0.1, 0.15) is 17.2 Å². The molecule has 0 aliphatic carbocycles. The Hall–Kier alpha value is -1.87. The fourth-order valence-electron chi connectivity index (χ4n) is 2.29. The number of hydrogen-bond donors (Lipinski definition) is 1. The van der Waals surface area contributed by atoms with Gasteiger partial charge in [-0.05, 0) is 48.9 Å². The third kappa shape index (κ3) is 3.58. The first-order valence-corrected chi connectivity index (χ1v) is 6.79. The van der Waals surface area contributed by atoms with Gasteiger partial charge in [-0.1, -0.05) is 24.3 Å². The zero-order valence-electron chi connectivity index (χ0n) is 12.2. The lowest BCUT2D eigenvalue weighted by molar-refractivity contribution is 0.584. The van der Waals surface area contributed by atoms with Gasteiger partial charge in [0.2, 0.25) is 0 Å². The molecule has 0 saturated carbocycles. The lowest BCUT2D eigenvalue weighted by Crippen LogP contribution is -2.19. The highest BCUT2D eigenvalue weighted by Crippen LogP contribution is 2.21. The molecule has 2 aromatic rings. The molecule has 3 heteroatoms. The Labute approximate surface area is 120 Å². The molecule has 2 nitrogen and oxygen atoms in total. The minimum absolute atomic E-state index is 0.180. The number of halogens is 1. The maximum atomic E-state index is 13.2. The summed E-state index contributed by atoms with van der Waals surface area (Å²) in [6.07, 6.45) is 0.773. The summed E-state index contributed by atoms with van der Waals surface area (Å²) in [6.45, 7) is 0. The van der Waals surface area contributed by atoms with E-state index in [1.807, 2.05) is 27.2 Å². The third-order valence-corrected chi connectivity index (χ3v) is 3.49. The Bertz CT molecular complexity index is 549. The molecule has 0 heterocycles. The van der Waals surface area contributed by atoms with Crippen molar-refractivity contribution in [3.63, 3.8) is 0 Å². The minimum atomic E-state index is -0.180. The summed E-state index contributed by atoms with van der Waals surface area (Å²) in [5.41, 5.74) is 3.39. The summed E-state index contributed by atoms with van der Waals surface area (Å²) in [7, 11) is 5.98. The quantitative estimate of drug-likeness (QED) is 0.897. The second-order valence-corrected chi connectivity index (χ2v) is 5.16. The van der Waals surface area contributed by atoms with Crippen LogP contribution in [0.2, 0.25) is 0 Å². The number of anilines is 1. The van der Waals surface area contributed by atoms with Crippen LogP contribution in [0, 0.1) is 5.82 Å². The van der Waals surface area contributed by atoms with Crippen molar-refractivity contribution >= 4 is 5.69 Å². The van der Waals surface area contributed by atoms with Crippen molar-refractivity contribution < 1.29 is 4.39 Å². The van der Waals surface area contributed by atoms with Crippen LogP contribution in [0.3, 0.4) is 0 Å². The Balaban J connectivity index is 2.15. The average Bonchev–Trinajstić information content (AvgIpc) is 2.45. The highest BCUT2D eigenvalue weighted by Gasteiger charge is 2.10. The molecule has 1 N–H and O–H groups in total. The van der Waals surface area contributed by atoms with Gasteiger partial charge in [0.05, 0.1) is 0 Å². The first-order chi connectivity index (χ1) is 9.60. The van der Waals surface area contributed by atoms with Crippen molar-refractivity contribution in [2.75, 3.05) is 26.0 Å². The fourth-order valence-corrected chi connectivity index (χ4v) is 2.29. The van der Waals surface area contributed by atoms with Crippen molar-refractivity contribution in [2.45, 2.75) is 12.5 Å². The van der Waals surface area contributed by atoms with E-state index in [2.05, 4.69) is 34.5 Å². The molecular formula is C17H21FN2. The highest BCUT2D eigenvalue weighted by atomic mass is 19.1. The second kappa shape index (κ2) is 6.53. The Morgan fingerprint density at radius 1 is 1.10 bits per heavy atom. The van der Waals surface area contributed by atoms with Gasteiger partial charge in [-0.3, -0.25) is 0 Å². The van der Waals surface area contributed by atoms with Gasteiger partial charge in [0.15, 0.2) is 0 Å². The molecule has 0 spiro atoms. The summed E-state index contributed by atoms with van der Waals surface area (Å²) in [6, 6.07) is 15.4. The van der Waals surface area contributed by atoms with E-state index >= 15 is 0 Å². The van der Waals surface area contributed by atoms with Crippen LogP contribution in [0.25, 0.3) is 0 Å². The number of nitrogens with one attached hydrogen (secondary N) is 1. The van der Waals surface area contributed by atoms with Gasteiger partial charge in [-0.15, -0.1) is 0 Å². The lowest BCUT2D eigenvalue weighted by Gasteiger charge is -2.19. The van der Waals surface area contributed by atoms with E-state index in [9.17, 15) is 4.39 Å². The maximum Gasteiger partial charge on any atom is 0.123 e. The largest absolute Gasteiger partial charge is 0.378 e. The SMILES string of the molecule is CNC(Cc1cccc(F)c1)c1ccc(N(C)C)cc1. The van der Waals surface area contributed by atoms with Crippen molar-refractivity contribution in [2.24, 2.45) is 0 Å². The van der Waals surface area contributed by atoms with Gasteiger partial charge in [0.25, 0.3) is 0 Å². The molecule has 0 saturated heterocycles. The molecule has 1 atom stereocenters. The van der Waals surface area contributed by atoms with Crippen LogP contribution < -0.4 is 10.2 Å². The molecule has 1 unspecified atom stereocenters. The van der Waals surface area contributed by atoms with Gasteiger partial charge in [-0.25, -0.2) is 4.39 Å². The zero-order chi connectivity index (χ0) is 14.5. The number of hydrogen-bond acceptors (Lipinski definition) is 2. The van der Waals surface area contributed by atoms with Gasteiger partial charge in [0.1, 0.15) is 5.82 Å². The van der Waals surface area contributed by atoms with Crippen LogP contribution in [0.4, 0.5) is 10.1 Å². The van der Waals surface area contributed by atoms with E-state index in [0.29, 0.717) is 0 Å². The third-order valence-electron chi connectivity index (χ3n) is 3.49. The summed E-state index contributed by atoms with van der Waals surface area (Å²) in [4.78, 5) is 2.07. The lowest BCUT2D eigenvalue weighted by atomic mass is 9.98. The molecule has 20 heavy (non-hydrogen) atoms. The van der Waals surface area contributed by atoms with Crippen molar-refractivity contribution in [3.8, 4) is 0 Å². The number of likely N-dealkylation sites (N-methyl/N-ethyl adjacent to an activating group) is 1. The molecule has 106 valence electrons. The molecule has 0 fully saturated rings. The predicted octanol–water partition coefficient (Wildman–Crippen LogP) is 3.39. The normalized spacial score (nSPS) is 12.2. The van der Waals surface area contributed by atoms with Crippen LogP contribution in [0.5, 0.6) is 0 Å². The molecular weight excluding hydrogens is 251 g/mol. The van der Waals surface area contributed by atoms with E-state index in [4.69, 9.17) is 0 Å². The van der Waals surface area contributed by atoms with E-state index < -0.39 is 0 Å². The van der Waals surface area contributed by atoms with E-state index in [1.54, 1.807) is 12.1 Å². The number of rotatable bonds is 5. The van der Waals surface area contributed by atoms with Gasteiger partial charge >= 0.3 is 0 Å². The summed E-state index contributed by atoms with van der Waals surface area (Å²) < 4.78 is 13.2. The smallest absolute Gasteiger partial charge is 0.123 e. The Kier molecular flexibility index (Phi) is 4.74. The van der Waals surface area contributed by atoms with Crippen molar-refractivity contribution in [3.05, 3.63) is 65.5 Å². The molecule has 0 amide bonds. The summed E-state index contributed by atoms with van der Waals surface area (Å²) in [5.74, 6) is -0.180. The van der Waals surface area contributed by atoms with Crippen LogP contribution in [-0.4, -0.2) is 21.1 Å². The van der Waals surface area contributed by atoms with Gasteiger partial charge < -0.3 is 10.2 Å². The van der Waals surface area contributed by atoms with Gasteiger partial charge in [-0.2, -0.15) is 0 Å².